The van der Waals surface area contributed by atoms with E-state index in [1.807, 2.05) is 6.07 Å². The standard InChI is InChI=1S/C17H27NO2/c1-13-7-8-17(19-3)16(12-13)14(2)18-10-9-15-6-4-5-11-20-15/h7-8,12,14-15,18H,4-6,9-11H2,1-3H3. The number of hydrogen-bond donors (Lipinski definition) is 1. The topological polar surface area (TPSA) is 30.5 Å². The van der Waals surface area contributed by atoms with Crippen LogP contribution in [0, 0.1) is 6.92 Å². The van der Waals surface area contributed by atoms with E-state index in [0.717, 1.165) is 25.3 Å². The molecule has 0 aliphatic carbocycles. The molecule has 3 nitrogen and oxygen atoms in total. The van der Waals surface area contributed by atoms with Gasteiger partial charge in [-0.1, -0.05) is 17.7 Å². The monoisotopic (exact) mass is 277 g/mol. The van der Waals surface area contributed by atoms with Gasteiger partial charge in [-0.15, -0.1) is 0 Å². The summed E-state index contributed by atoms with van der Waals surface area (Å²) in [6.45, 7) is 6.24. The highest BCUT2D eigenvalue weighted by molar-refractivity contribution is 5.38. The number of benzene rings is 1. The van der Waals surface area contributed by atoms with Gasteiger partial charge in [-0.05, 0) is 52.1 Å². The SMILES string of the molecule is COc1ccc(C)cc1C(C)NCCC1CCCCO1. The van der Waals surface area contributed by atoms with E-state index in [0.29, 0.717) is 12.1 Å². The number of methoxy groups -OCH3 is 1. The summed E-state index contributed by atoms with van der Waals surface area (Å²) in [6, 6.07) is 6.64. The molecule has 3 heteroatoms. The van der Waals surface area contributed by atoms with E-state index in [2.05, 4.69) is 31.3 Å². The van der Waals surface area contributed by atoms with Gasteiger partial charge in [-0.25, -0.2) is 0 Å². The van der Waals surface area contributed by atoms with E-state index in [1.54, 1.807) is 7.11 Å². The zero-order valence-electron chi connectivity index (χ0n) is 12.9. The molecule has 0 amide bonds. The van der Waals surface area contributed by atoms with Crippen LogP contribution < -0.4 is 10.1 Å². The van der Waals surface area contributed by atoms with Gasteiger partial charge in [0.2, 0.25) is 0 Å². The van der Waals surface area contributed by atoms with Gasteiger partial charge in [0.25, 0.3) is 0 Å². The fourth-order valence-corrected chi connectivity index (χ4v) is 2.80. The Bertz CT molecular complexity index is 413. The normalized spacial score (nSPS) is 20.6. The van der Waals surface area contributed by atoms with E-state index in [9.17, 15) is 0 Å². The lowest BCUT2D eigenvalue weighted by Gasteiger charge is -2.24. The number of nitrogens with one attached hydrogen (secondary N) is 1. The van der Waals surface area contributed by atoms with Crippen molar-refractivity contribution in [2.75, 3.05) is 20.3 Å². The number of ether oxygens (including phenoxy) is 2. The average molecular weight is 277 g/mol. The third-order valence-electron chi connectivity index (χ3n) is 4.04. The molecule has 0 spiro atoms. The summed E-state index contributed by atoms with van der Waals surface area (Å²) in [5, 5.41) is 3.59. The van der Waals surface area contributed by atoms with Crippen molar-refractivity contribution in [1.82, 2.24) is 5.32 Å². The fraction of sp³-hybridized carbons (Fsp3) is 0.647. The van der Waals surface area contributed by atoms with Crippen LogP contribution in [0.2, 0.25) is 0 Å². The summed E-state index contributed by atoms with van der Waals surface area (Å²) in [7, 11) is 1.73. The molecule has 1 heterocycles. The van der Waals surface area contributed by atoms with Gasteiger partial charge >= 0.3 is 0 Å². The summed E-state index contributed by atoms with van der Waals surface area (Å²) in [6.07, 6.45) is 5.29. The van der Waals surface area contributed by atoms with Gasteiger partial charge in [0.15, 0.2) is 0 Å². The van der Waals surface area contributed by atoms with Crippen LogP contribution >= 0.6 is 0 Å². The third-order valence-corrected chi connectivity index (χ3v) is 4.04. The maximum atomic E-state index is 5.76. The summed E-state index contributed by atoms with van der Waals surface area (Å²) in [5.41, 5.74) is 2.50. The van der Waals surface area contributed by atoms with Crippen LogP contribution in [0.4, 0.5) is 0 Å². The minimum Gasteiger partial charge on any atom is -0.496 e. The van der Waals surface area contributed by atoms with Crippen molar-refractivity contribution in [1.29, 1.82) is 0 Å². The van der Waals surface area contributed by atoms with Gasteiger partial charge in [-0.2, -0.15) is 0 Å². The predicted molar refractivity (Wildman–Crippen MR) is 82.4 cm³/mol. The van der Waals surface area contributed by atoms with E-state index in [4.69, 9.17) is 9.47 Å². The molecule has 1 fully saturated rings. The molecule has 2 unspecified atom stereocenters. The molecule has 1 aromatic rings. The largest absolute Gasteiger partial charge is 0.496 e. The quantitative estimate of drug-likeness (QED) is 0.861. The van der Waals surface area contributed by atoms with Crippen molar-refractivity contribution in [2.24, 2.45) is 0 Å². The molecule has 1 N–H and O–H groups in total. The van der Waals surface area contributed by atoms with Crippen LogP contribution in [0.25, 0.3) is 0 Å². The van der Waals surface area contributed by atoms with Crippen molar-refractivity contribution < 1.29 is 9.47 Å². The molecule has 112 valence electrons. The Morgan fingerprint density at radius 2 is 2.25 bits per heavy atom. The molecule has 1 aliphatic heterocycles. The van der Waals surface area contributed by atoms with Crippen molar-refractivity contribution in [3.63, 3.8) is 0 Å². The number of hydrogen-bond acceptors (Lipinski definition) is 3. The van der Waals surface area contributed by atoms with Crippen LogP contribution in [0.15, 0.2) is 18.2 Å². The lowest BCUT2D eigenvalue weighted by molar-refractivity contribution is 0.0112. The van der Waals surface area contributed by atoms with Crippen LogP contribution in [0.1, 0.15) is 49.8 Å². The first-order valence-electron chi connectivity index (χ1n) is 7.70. The minimum absolute atomic E-state index is 0.299. The first kappa shape index (κ1) is 15.3. The van der Waals surface area contributed by atoms with E-state index >= 15 is 0 Å². The third kappa shape index (κ3) is 4.22. The average Bonchev–Trinajstić information content (AvgIpc) is 2.48. The molecule has 1 aliphatic rings. The maximum absolute atomic E-state index is 5.76. The van der Waals surface area contributed by atoms with Crippen LogP contribution in [0.3, 0.4) is 0 Å². The molecule has 0 bridgehead atoms. The first-order valence-corrected chi connectivity index (χ1v) is 7.70. The Morgan fingerprint density at radius 3 is 2.95 bits per heavy atom. The number of rotatable bonds is 6. The summed E-state index contributed by atoms with van der Waals surface area (Å²) < 4.78 is 11.2. The highest BCUT2D eigenvalue weighted by atomic mass is 16.5. The Balaban J connectivity index is 1.84. The van der Waals surface area contributed by atoms with Crippen LogP contribution in [-0.2, 0) is 4.74 Å². The molecule has 2 rings (SSSR count). The molecule has 0 saturated carbocycles. The molecular weight excluding hydrogens is 250 g/mol. The predicted octanol–water partition coefficient (Wildman–Crippen LogP) is 3.61. The molecule has 1 saturated heterocycles. The van der Waals surface area contributed by atoms with Crippen molar-refractivity contribution in [3.8, 4) is 5.75 Å². The molecule has 0 radical (unpaired) electrons. The summed E-state index contributed by atoms with van der Waals surface area (Å²) in [5.74, 6) is 0.963. The van der Waals surface area contributed by atoms with Gasteiger partial charge < -0.3 is 14.8 Å². The van der Waals surface area contributed by atoms with Crippen molar-refractivity contribution in [2.45, 2.75) is 51.7 Å². The molecule has 0 aromatic heterocycles. The fourth-order valence-electron chi connectivity index (χ4n) is 2.80. The van der Waals surface area contributed by atoms with E-state index < -0.39 is 0 Å². The zero-order valence-corrected chi connectivity index (χ0v) is 12.9. The first-order chi connectivity index (χ1) is 9.70. The number of aryl methyl sites for hydroxylation is 1. The Labute approximate surface area is 122 Å². The Morgan fingerprint density at radius 1 is 1.40 bits per heavy atom. The van der Waals surface area contributed by atoms with Gasteiger partial charge in [-0.3, -0.25) is 0 Å². The lowest BCUT2D eigenvalue weighted by Crippen LogP contribution is -2.27. The summed E-state index contributed by atoms with van der Waals surface area (Å²) >= 11 is 0. The maximum Gasteiger partial charge on any atom is 0.123 e. The smallest absolute Gasteiger partial charge is 0.123 e. The van der Waals surface area contributed by atoms with E-state index in [-0.39, 0.29) is 0 Å². The van der Waals surface area contributed by atoms with Gasteiger partial charge in [0.1, 0.15) is 5.75 Å². The Kier molecular flexibility index (Phi) is 5.86. The molecule has 20 heavy (non-hydrogen) atoms. The van der Waals surface area contributed by atoms with Crippen molar-refractivity contribution >= 4 is 0 Å². The highest BCUT2D eigenvalue weighted by Crippen LogP contribution is 2.26. The summed E-state index contributed by atoms with van der Waals surface area (Å²) in [4.78, 5) is 0. The van der Waals surface area contributed by atoms with Crippen LogP contribution in [-0.4, -0.2) is 26.4 Å². The van der Waals surface area contributed by atoms with E-state index in [1.165, 1.54) is 30.4 Å². The second kappa shape index (κ2) is 7.65. The second-order valence-corrected chi connectivity index (χ2v) is 5.70. The van der Waals surface area contributed by atoms with Crippen molar-refractivity contribution in [3.05, 3.63) is 29.3 Å². The molecular formula is C17H27NO2. The molecule has 1 aromatic carbocycles. The zero-order chi connectivity index (χ0) is 14.4. The van der Waals surface area contributed by atoms with Gasteiger partial charge in [0, 0.05) is 18.2 Å². The highest BCUT2D eigenvalue weighted by Gasteiger charge is 2.15. The van der Waals surface area contributed by atoms with Crippen LogP contribution in [0.5, 0.6) is 5.75 Å². The molecule has 2 atom stereocenters. The Hall–Kier alpha value is -1.06. The van der Waals surface area contributed by atoms with Gasteiger partial charge in [0.05, 0.1) is 13.2 Å². The second-order valence-electron chi connectivity index (χ2n) is 5.70. The lowest BCUT2D eigenvalue weighted by atomic mass is 10.0. The minimum atomic E-state index is 0.299.